The molecule has 1 spiro atoms. The van der Waals surface area contributed by atoms with Crippen molar-refractivity contribution in [3.8, 4) is 5.75 Å². The van der Waals surface area contributed by atoms with Crippen molar-refractivity contribution in [1.29, 1.82) is 0 Å². The van der Waals surface area contributed by atoms with Gasteiger partial charge in [0.25, 0.3) is 5.91 Å². The second-order valence-electron chi connectivity index (χ2n) is 6.84. The summed E-state index contributed by atoms with van der Waals surface area (Å²) >= 11 is 1.60. The summed E-state index contributed by atoms with van der Waals surface area (Å²) in [6.45, 7) is 2.14. The fourth-order valence-corrected chi connectivity index (χ4v) is 4.83. The standard InChI is InChI=1S/C20H21N3O4S/c1-2-27-14-7-5-13(6-8-14)21-17(24)12-23-18(25)20(22-19(23)26)10-3-4-16-15(20)9-11-28-16/h5-9,11H,2-4,10,12H2,1H3,(H,21,24)(H,22,26)/t20-/m1/s1. The molecule has 7 nitrogen and oxygen atoms in total. The van der Waals surface area contributed by atoms with Crippen LogP contribution in [-0.4, -0.2) is 35.9 Å². The Bertz CT molecular complexity index is 924. The van der Waals surface area contributed by atoms with E-state index in [9.17, 15) is 14.4 Å². The zero-order chi connectivity index (χ0) is 19.7. The summed E-state index contributed by atoms with van der Waals surface area (Å²) in [5.41, 5.74) is 0.425. The van der Waals surface area contributed by atoms with E-state index in [1.165, 1.54) is 0 Å². The Morgan fingerprint density at radius 2 is 2.07 bits per heavy atom. The van der Waals surface area contributed by atoms with Crippen LogP contribution in [0.1, 0.15) is 30.2 Å². The first kappa shape index (κ1) is 18.5. The van der Waals surface area contributed by atoms with Crippen LogP contribution >= 0.6 is 11.3 Å². The van der Waals surface area contributed by atoms with Crippen molar-refractivity contribution in [2.24, 2.45) is 0 Å². The van der Waals surface area contributed by atoms with Gasteiger partial charge in [0.15, 0.2) is 0 Å². The Labute approximate surface area is 166 Å². The zero-order valence-electron chi connectivity index (χ0n) is 15.5. The average Bonchev–Trinajstić information content (AvgIpc) is 3.24. The number of fused-ring (bicyclic) bond motifs is 2. The normalized spacial score (nSPS) is 20.8. The Morgan fingerprint density at radius 3 is 2.82 bits per heavy atom. The van der Waals surface area contributed by atoms with Gasteiger partial charge >= 0.3 is 6.03 Å². The maximum absolute atomic E-state index is 13.1. The fraction of sp³-hybridized carbons (Fsp3) is 0.350. The molecule has 1 atom stereocenters. The Morgan fingerprint density at radius 1 is 1.29 bits per heavy atom. The van der Waals surface area contributed by atoms with Crippen molar-refractivity contribution in [2.75, 3.05) is 18.5 Å². The summed E-state index contributed by atoms with van der Waals surface area (Å²) in [4.78, 5) is 40.2. The van der Waals surface area contributed by atoms with Crippen molar-refractivity contribution in [2.45, 2.75) is 31.7 Å². The van der Waals surface area contributed by atoms with Gasteiger partial charge in [-0.15, -0.1) is 11.3 Å². The molecule has 4 rings (SSSR count). The largest absolute Gasteiger partial charge is 0.494 e. The van der Waals surface area contributed by atoms with E-state index in [0.29, 0.717) is 24.5 Å². The summed E-state index contributed by atoms with van der Waals surface area (Å²) in [5.74, 6) is -0.0647. The maximum Gasteiger partial charge on any atom is 0.325 e. The van der Waals surface area contributed by atoms with Crippen LogP contribution in [0.4, 0.5) is 10.5 Å². The molecule has 28 heavy (non-hydrogen) atoms. The number of amides is 4. The molecule has 146 valence electrons. The lowest BCUT2D eigenvalue weighted by Gasteiger charge is -2.31. The molecule has 2 aliphatic rings. The van der Waals surface area contributed by atoms with Crippen molar-refractivity contribution in [3.63, 3.8) is 0 Å². The molecule has 2 heterocycles. The van der Waals surface area contributed by atoms with Crippen LogP contribution < -0.4 is 15.4 Å². The number of carbonyl (C=O) groups excluding carboxylic acids is 3. The van der Waals surface area contributed by atoms with Crippen LogP contribution in [0.5, 0.6) is 5.75 Å². The first-order chi connectivity index (χ1) is 13.5. The number of urea groups is 1. The molecule has 0 unspecified atom stereocenters. The van der Waals surface area contributed by atoms with E-state index >= 15 is 0 Å². The van der Waals surface area contributed by atoms with Gasteiger partial charge in [-0.3, -0.25) is 14.5 Å². The quantitative estimate of drug-likeness (QED) is 0.757. The summed E-state index contributed by atoms with van der Waals surface area (Å²) in [7, 11) is 0. The smallest absolute Gasteiger partial charge is 0.325 e. The molecule has 1 saturated heterocycles. The van der Waals surface area contributed by atoms with Crippen LogP contribution in [0.15, 0.2) is 35.7 Å². The number of ether oxygens (including phenoxy) is 1. The van der Waals surface area contributed by atoms with E-state index in [-0.39, 0.29) is 12.5 Å². The molecule has 1 fully saturated rings. The third kappa shape index (κ3) is 3.13. The summed E-state index contributed by atoms with van der Waals surface area (Å²) in [5, 5.41) is 7.51. The van der Waals surface area contributed by atoms with E-state index in [0.717, 1.165) is 28.2 Å². The lowest BCUT2D eigenvalue weighted by atomic mass is 9.80. The third-order valence-corrected chi connectivity index (χ3v) is 6.07. The molecule has 2 N–H and O–H groups in total. The first-order valence-electron chi connectivity index (χ1n) is 9.27. The molecule has 0 radical (unpaired) electrons. The van der Waals surface area contributed by atoms with Crippen LogP contribution in [0, 0.1) is 0 Å². The van der Waals surface area contributed by atoms with Crippen LogP contribution in [-0.2, 0) is 21.5 Å². The number of nitrogens with zero attached hydrogens (tertiary/aromatic N) is 1. The van der Waals surface area contributed by atoms with E-state index in [2.05, 4.69) is 10.6 Å². The minimum Gasteiger partial charge on any atom is -0.494 e. The highest BCUT2D eigenvalue weighted by Gasteiger charge is 2.54. The van der Waals surface area contributed by atoms with Crippen LogP contribution in [0.3, 0.4) is 0 Å². The first-order valence-corrected chi connectivity index (χ1v) is 10.1. The van der Waals surface area contributed by atoms with Crippen molar-refractivity contribution < 1.29 is 19.1 Å². The summed E-state index contributed by atoms with van der Waals surface area (Å²) in [6, 6.07) is 8.32. The molecular formula is C20H21N3O4S. The summed E-state index contributed by atoms with van der Waals surface area (Å²) in [6.07, 6.45) is 2.29. The second kappa shape index (κ2) is 7.27. The molecule has 0 bridgehead atoms. The van der Waals surface area contributed by atoms with Gasteiger partial charge in [-0.25, -0.2) is 4.79 Å². The number of aryl methyl sites for hydroxylation is 1. The van der Waals surface area contributed by atoms with Crippen molar-refractivity contribution >= 4 is 34.9 Å². The van der Waals surface area contributed by atoms with Gasteiger partial charge in [-0.2, -0.15) is 0 Å². The van der Waals surface area contributed by atoms with Crippen molar-refractivity contribution in [1.82, 2.24) is 10.2 Å². The number of imide groups is 1. The third-order valence-electron chi connectivity index (χ3n) is 5.09. The highest BCUT2D eigenvalue weighted by molar-refractivity contribution is 7.10. The van der Waals surface area contributed by atoms with E-state index in [1.807, 2.05) is 18.4 Å². The summed E-state index contributed by atoms with van der Waals surface area (Å²) < 4.78 is 5.37. The molecule has 8 heteroatoms. The van der Waals surface area contributed by atoms with Gasteiger partial charge in [0.2, 0.25) is 5.91 Å². The number of benzene rings is 1. The number of hydrogen-bond donors (Lipinski definition) is 2. The predicted octanol–water partition coefficient (Wildman–Crippen LogP) is 2.87. The number of anilines is 1. The highest BCUT2D eigenvalue weighted by Crippen LogP contribution is 2.42. The minimum absolute atomic E-state index is 0.320. The minimum atomic E-state index is -1.02. The second-order valence-corrected chi connectivity index (χ2v) is 7.84. The number of nitrogens with one attached hydrogen (secondary N) is 2. The van der Waals surface area contributed by atoms with Crippen LogP contribution in [0.25, 0.3) is 0 Å². The SMILES string of the molecule is CCOc1ccc(NC(=O)CN2C(=O)N[C@@]3(CCCc4sccc43)C2=O)cc1. The van der Waals surface area contributed by atoms with Gasteiger partial charge < -0.3 is 15.4 Å². The maximum atomic E-state index is 13.1. The lowest BCUT2D eigenvalue weighted by Crippen LogP contribution is -2.46. The molecule has 1 aromatic heterocycles. The van der Waals surface area contributed by atoms with Gasteiger partial charge in [0.05, 0.1) is 6.61 Å². The average molecular weight is 399 g/mol. The highest BCUT2D eigenvalue weighted by atomic mass is 32.1. The molecule has 1 aliphatic carbocycles. The van der Waals surface area contributed by atoms with Crippen molar-refractivity contribution in [3.05, 3.63) is 46.2 Å². The monoisotopic (exact) mass is 399 g/mol. The lowest BCUT2D eigenvalue weighted by molar-refractivity contribution is -0.134. The molecule has 0 saturated carbocycles. The van der Waals surface area contributed by atoms with E-state index < -0.39 is 17.5 Å². The predicted molar refractivity (Wildman–Crippen MR) is 105 cm³/mol. The fourth-order valence-electron chi connectivity index (χ4n) is 3.83. The number of thiophene rings is 1. The van der Waals surface area contributed by atoms with E-state index in [4.69, 9.17) is 4.74 Å². The molecular weight excluding hydrogens is 378 g/mol. The molecule has 4 amide bonds. The zero-order valence-corrected chi connectivity index (χ0v) is 16.3. The number of rotatable bonds is 5. The van der Waals surface area contributed by atoms with Gasteiger partial charge in [0, 0.05) is 16.1 Å². The van der Waals surface area contributed by atoms with Crippen LogP contribution in [0.2, 0.25) is 0 Å². The molecule has 1 aliphatic heterocycles. The van der Waals surface area contributed by atoms with Gasteiger partial charge in [0.1, 0.15) is 17.8 Å². The number of carbonyl (C=O) groups is 3. The Balaban J connectivity index is 1.46. The van der Waals surface area contributed by atoms with Gasteiger partial charge in [-0.05, 0) is 61.9 Å². The van der Waals surface area contributed by atoms with Gasteiger partial charge in [-0.1, -0.05) is 0 Å². The Hall–Kier alpha value is -2.87. The topological polar surface area (TPSA) is 87.7 Å². The molecule has 2 aromatic rings. The molecule has 1 aromatic carbocycles. The Kier molecular flexibility index (Phi) is 4.80. The van der Waals surface area contributed by atoms with E-state index in [1.54, 1.807) is 35.6 Å². The number of hydrogen-bond acceptors (Lipinski definition) is 5.